The van der Waals surface area contributed by atoms with Gasteiger partial charge in [0.05, 0.1) is 0 Å². The van der Waals surface area contributed by atoms with E-state index in [4.69, 9.17) is 9.79 Å². The van der Waals surface area contributed by atoms with Gasteiger partial charge in [0, 0.05) is 0 Å². The number of hydrogen-bond acceptors (Lipinski definition) is 5. The van der Waals surface area contributed by atoms with E-state index in [2.05, 4.69) is 19.9 Å². The Hall–Kier alpha value is -0.320. The van der Waals surface area contributed by atoms with Crippen LogP contribution in [0, 0.1) is 0 Å². The van der Waals surface area contributed by atoms with E-state index in [1.807, 2.05) is 0 Å². The Bertz CT molecular complexity index is 262. The third-order valence-corrected chi connectivity index (χ3v) is 3.14. The zero-order valence-corrected chi connectivity index (χ0v) is 6.83. The quantitative estimate of drug-likeness (QED) is 0.635. The Morgan fingerprint density at radius 2 is 2.00 bits per heavy atom. The van der Waals surface area contributed by atoms with Crippen LogP contribution in [0.5, 0.6) is 0 Å². The van der Waals surface area contributed by atoms with Gasteiger partial charge in [-0.1, -0.05) is 0 Å². The molecule has 1 aliphatic rings. The lowest BCUT2D eigenvalue weighted by molar-refractivity contribution is 0.0597. The summed E-state index contributed by atoms with van der Waals surface area (Å²) in [6, 6.07) is 0. The summed E-state index contributed by atoms with van der Waals surface area (Å²) in [6.07, 6.45) is 0. The van der Waals surface area contributed by atoms with Crippen molar-refractivity contribution in [2.45, 2.75) is 0 Å². The fraction of sp³-hybridized carbons (Fsp3) is 0. The summed E-state index contributed by atoms with van der Waals surface area (Å²) < 4.78 is 32.6. The van der Waals surface area contributed by atoms with Crippen LogP contribution in [0.25, 0.3) is 0 Å². The van der Waals surface area contributed by atoms with Crippen LogP contribution in [0.1, 0.15) is 0 Å². The molecule has 0 atom stereocenters. The maximum absolute atomic E-state index is 10.7. The maximum atomic E-state index is 10.7. The SMILES string of the molecule is C=C1OP(=O)(OP(=O)(O)O)O1. The van der Waals surface area contributed by atoms with Crippen molar-refractivity contribution >= 4 is 15.6 Å². The highest BCUT2D eigenvalue weighted by Gasteiger charge is 2.48. The molecule has 0 aliphatic carbocycles. The standard InChI is InChI=1S/C2H4O7P2/c1-2-7-11(6,8-2)9-10(3,4)5/h1H2,(H2,3,4,5). The van der Waals surface area contributed by atoms with Crippen LogP contribution in [0.2, 0.25) is 0 Å². The first-order chi connectivity index (χ1) is 4.81. The van der Waals surface area contributed by atoms with Crippen LogP contribution in [0.15, 0.2) is 12.5 Å². The molecule has 0 aromatic heterocycles. The highest BCUT2D eigenvalue weighted by Crippen LogP contribution is 2.69. The minimum atomic E-state index is -4.83. The van der Waals surface area contributed by atoms with Crippen LogP contribution in [-0.2, 0) is 22.5 Å². The van der Waals surface area contributed by atoms with Crippen molar-refractivity contribution in [2.75, 3.05) is 0 Å². The van der Waals surface area contributed by atoms with E-state index in [-0.39, 0.29) is 5.95 Å². The molecule has 1 fully saturated rings. The van der Waals surface area contributed by atoms with E-state index < -0.39 is 15.6 Å². The van der Waals surface area contributed by atoms with Crippen molar-refractivity contribution in [1.82, 2.24) is 0 Å². The van der Waals surface area contributed by atoms with E-state index in [0.717, 1.165) is 0 Å². The minimum Gasteiger partial charge on any atom is -0.361 e. The smallest absolute Gasteiger partial charge is 0.361 e. The number of phosphoric acid groups is 2. The first-order valence-corrected chi connectivity index (χ1v) is 5.25. The molecule has 0 unspecified atom stereocenters. The summed E-state index contributed by atoms with van der Waals surface area (Å²) in [5, 5.41) is 0. The second kappa shape index (κ2) is 2.33. The Morgan fingerprint density at radius 1 is 1.55 bits per heavy atom. The van der Waals surface area contributed by atoms with E-state index in [0.29, 0.717) is 0 Å². The third-order valence-electron chi connectivity index (χ3n) is 0.634. The fourth-order valence-corrected chi connectivity index (χ4v) is 2.24. The molecule has 0 bridgehead atoms. The molecule has 0 saturated carbocycles. The number of hydrogen-bond donors (Lipinski definition) is 2. The zero-order chi connectivity index (χ0) is 8.70. The lowest BCUT2D eigenvalue weighted by Crippen LogP contribution is -2.08. The van der Waals surface area contributed by atoms with E-state index in [1.54, 1.807) is 0 Å². The third kappa shape index (κ3) is 2.32. The Labute approximate surface area is 61.4 Å². The largest absolute Gasteiger partial charge is 0.601 e. The van der Waals surface area contributed by atoms with E-state index in [1.165, 1.54) is 0 Å². The average molecular weight is 202 g/mol. The van der Waals surface area contributed by atoms with Gasteiger partial charge >= 0.3 is 15.6 Å². The molecule has 2 N–H and O–H groups in total. The summed E-state index contributed by atoms with van der Waals surface area (Å²) >= 11 is 0. The molecule has 9 heteroatoms. The second-order valence-corrected chi connectivity index (χ2v) is 4.47. The molecule has 0 aromatic rings. The van der Waals surface area contributed by atoms with Crippen LogP contribution >= 0.6 is 15.6 Å². The molecule has 0 spiro atoms. The molecule has 1 rings (SSSR count). The Morgan fingerprint density at radius 3 is 2.27 bits per heavy atom. The number of rotatable bonds is 2. The van der Waals surface area contributed by atoms with Gasteiger partial charge in [0.1, 0.15) is 0 Å². The molecule has 64 valence electrons. The molecule has 0 aromatic carbocycles. The van der Waals surface area contributed by atoms with Gasteiger partial charge in [0.15, 0.2) is 0 Å². The van der Waals surface area contributed by atoms with Gasteiger partial charge in [-0.3, -0.25) is 0 Å². The van der Waals surface area contributed by atoms with Gasteiger partial charge < -0.3 is 18.8 Å². The van der Waals surface area contributed by atoms with Gasteiger partial charge in [0.25, 0.3) is 5.95 Å². The van der Waals surface area contributed by atoms with Crippen LogP contribution in [0.4, 0.5) is 0 Å². The van der Waals surface area contributed by atoms with Gasteiger partial charge in [0.2, 0.25) is 0 Å². The molecule has 0 amide bonds. The van der Waals surface area contributed by atoms with Gasteiger partial charge in [-0.25, -0.2) is 9.13 Å². The van der Waals surface area contributed by atoms with Crippen molar-refractivity contribution < 1.29 is 32.3 Å². The van der Waals surface area contributed by atoms with Crippen LogP contribution < -0.4 is 0 Å². The van der Waals surface area contributed by atoms with E-state index >= 15 is 0 Å². The molecular weight excluding hydrogens is 198 g/mol. The normalized spacial score (nSPS) is 21.5. The molecular formula is C2H4O7P2. The monoisotopic (exact) mass is 202 g/mol. The average Bonchev–Trinajstić information content (AvgIpc) is 1.53. The van der Waals surface area contributed by atoms with Crippen molar-refractivity contribution in [3.05, 3.63) is 12.5 Å². The molecule has 11 heavy (non-hydrogen) atoms. The van der Waals surface area contributed by atoms with Gasteiger partial charge in [-0.05, 0) is 6.58 Å². The van der Waals surface area contributed by atoms with Crippen molar-refractivity contribution in [1.29, 1.82) is 0 Å². The summed E-state index contributed by atoms with van der Waals surface area (Å²) in [7, 11) is -8.87. The summed E-state index contributed by atoms with van der Waals surface area (Å²) in [5.74, 6) is -0.290. The predicted molar refractivity (Wildman–Crippen MR) is 32.0 cm³/mol. The summed E-state index contributed by atoms with van der Waals surface area (Å²) in [5.41, 5.74) is 0. The molecule has 1 heterocycles. The van der Waals surface area contributed by atoms with Crippen LogP contribution in [0.3, 0.4) is 0 Å². The molecule has 1 aliphatic heterocycles. The zero-order valence-electron chi connectivity index (χ0n) is 5.04. The topological polar surface area (TPSA) is 102 Å². The van der Waals surface area contributed by atoms with E-state index in [9.17, 15) is 9.13 Å². The first-order valence-electron chi connectivity index (χ1n) is 2.26. The maximum Gasteiger partial charge on any atom is 0.601 e. The first kappa shape index (κ1) is 8.77. The van der Waals surface area contributed by atoms with Gasteiger partial charge in [-0.2, -0.15) is 4.31 Å². The molecule has 1 saturated heterocycles. The Balaban J connectivity index is 2.59. The van der Waals surface area contributed by atoms with Gasteiger partial charge in [-0.15, -0.1) is 0 Å². The predicted octanol–water partition coefficient (Wildman–Crippen LogP) is 0.722. The Kier molecular flexibility index (Phi) is 1.86. The van der Waals surface area contributed by atoms with Crippen LogP contribution in [-0.4, -0.2) is 9.79 Å². The second-order valence-electron chi connectivity index (χ2n) is 1.57. The lowest BCUT2D eigenvalue weighted by atomic mass is 11.1. The summed E-state index contributed by atoms with van der Waals surface area (Å²) in [6.45, 7) is 3.04. The fourth-order valence-electron chi connectivity index (χ4n) is 0.420. The van der Waals surface area contributed by atoms with Crippen molar-refractivity contribution in [3.63, 3.8) is 0 Å². The van der Waals surface area contributed by atoms with Crippen molar-refractivity contribution in [3.8, 4) is 0 Å². The lowest BCUT2D eigenvalue weighted by Gasteiger charge is -2.26. The highest BCUT2D eigenvalue weighted by atomic mass is 31.3. The molecule has 7 nitrogen and oxygen atoms in total. The molecule has 0 radical (unpaired) electrons. The number of phosphoric ester groups is 1. The summed E-state index contributed by atoms with van der Waals surface area (Å²) in [4.78, 5) is 16.3. The minimum absolute atomic E-state index is 0.290. The highest BCUT2D eigenvalue weighted by molar-refractivity contribution is 7.62. The van der Waals surface area contributed by atoms with Crippen molar-refractivity contribution in [2.24, 2.45) is 0 Å².